The van der Waals surface area contributed by atoms with Crippen LogP contribution in [0.5, 0.6) is 5.75 Å². The zero-order valence-electron chi connectivity index (χ0n) is 13.4. The van der Waals surface area contributed by atoms with Gasteiger partial charge in [0.2, 0.25) is 5.91 Å². The van der Waals surface area contributed by atoms with Crippen molar-refractivity contribution < 1.29 is 9.53 Å². The minimum absolute atomic E-state index is 0.135. The molecule has 0 aliphatic heterocycles. The Morgan fingerprint density at radius 3 is 2.70 bits per heavy atom. The Morgan fingerprint density at radius 1 is 1.26 bits per heavy atom. The van der Waals surface area contributed by atoms with Crippen molar-refractivity contribution >= 4 is 23.2 Å². The third-order valence-electron chi connectivity index (χ3n) is 3.50. The van der Waals surface area contributed by atoms with Gasteiger partial charge in [-0.15, -0.1) is 0 Å². The van der Waals surface area contributed by atoms with Gasteiger partial charge in [0.05, 0.1) is 19.3 Å². The highest BCUT2D eigenvalue weighted by Crippen LogP contribution is 2.29. The Morgan fingerprint density at radius 2 is 2.00 bits per heavy atom. The number of carbonyl (C=O) groups is 1. The van der Waals surface area contributed by atoms with Gasteiger partial charge in [-0.2, -0.15) is 0 Å². The van der Waals surface area contributed by atoms with Gasteiger partial charge in [0.15, 0.2) is 5.15 Å². The molecule has 0 unspecified atom stereocenters. The summed E-state index contributed by atoms with van der Waals surface area (Å²) in [6.07, 6.45) is 1.57. The largest absolute Gasteiger partial charge is 0.496 e. The van der Waals surface area contributed by atoms with Crippen molar-refractivity contribution in [2.45, 2.75) is 19.4 Å². The van der Waals surface area contributed by atoms with Crippen LogP contribution in [-0.2, 0) is 10.3 Å². The molecule has 2 N–H and O–H groups in total. The number of aromatic nitrogens is 1. The maximum atomic E-state index is 12.1. The summed E-state index contributed by atoms with van der Waals surface area (Å²) in [5.74, 6) is 0.587. The second kappa shape index (κ2) is 7.44. The zero-order chi connectivity index (χ0) is 16.9. The lowest BCUT2D eigenvalue weighted by Crippen LogP contribution is -2.41. The number of pyridine rings is 1. The molecule has 1 aromatic heterocycles. The second-order valence-electron chi connectivity index (χ2n) is 5.57. The SMILES string of the molecule is COc1ccccc1C(C)(C)NCC(=O)Nc1cccnc1Cl. The Labute approximate surface area is 141 Å². The number of hydrogen-bond acceptors (Lipinski definition) is 4. The van der Waals surface area contributed by atoms with Crippen molar-refractivity contribution in [2.24, 2.45) is 0 Å². The highest BCUT2D eigenvalue weighted by molar-refractivity contribution is 6.32. The molecule has 6 heteroatoms. The average molecular weight is 334 g/mol. The number of benzene rings is 1. The van der Waals surface area contributed by atoms with Gasteiger partial charge in [-0.25, -0.2) is 4.98 Å². The normalized spacial score (nSPS) is 11.1. The summed E-state index contributed by atoms with van der Waals surface area (Å²) in [5.41, 5.74) is 1.05. The van der Waals surface area contributed by atoms with E-state index in [1.165, 1.54) is 0 Å². The molecular weight excluding hydrogens is 314 g/mol. The van der Waals surface area contributed by atoms with Crippen LogP contribution in [0.1, 0.15) is 19.4 Å². The van der Waals surface area contributed by atoms with Crippen molar-refractivity contribution in [3.8, 4) is 5.75 Å². The predicted octanol–water partition coefficient (Wildman–Crippen LogP) is 3.21. The molecule has 1 heterocycles. The van der Waals surface area contributed by atoms with Crippen LogP contribution in [0.4, 0.5) is 5.69 Å². The Hall–Kier alpha value is -2.11. The number of nitrogens with one attached hydrogen (secondary N) is 2. The van der Waals surface area contributed by atoms with E-state index in [1.54, 1.807) is 25.4 Å². The fraction of sp³-hybridized carbons (Fsp3) is 0.294. The summed E-state index contributed by atoms with van der Waals surface area (Å²) in [6.45, 7) is 4.13. The third kappa shape index (κ3) is 4.43. The molecule has 1 aromatic carbocycles. The molecule has 0 bridgehead atoms. The first-order valence-corrected chi connectivity index (χ1v) is 7.61. The van der Waals surface area contributed by atoms with Gasteiger partial charge in [-0.05, 0) is 32.0 Å². The molecule has 0 radical (unpaired) electrons. The molecule has 0 aliphatic carbocycles. The number of ether oxygens (including phenoxy) is 1. The van der Waals surface area contributed by atoms with E-state index in [1.807, 2.05) is 38.1 Å². The van der Waals surface area contributed by atoms with Crippen molar-refractivity contribution in [3.05, 3.63) is 53.3 Å². The second-order valence-corrected chi connectivity index (χ2v) is 5.93. The number of methoxy groups -OCH3 is 1. The van der Waals surface area contributed by atoms with Gasteiger partial charge in [-0.1, -0.05) is 29.8 Å². The number of rotatable bonds is 6. The van der Waals surface area contributed by atoms with E-state index in [-0.39, 0.29) is 17.6 Å². The van der Waals surface area contributed by atoms with Crippen LogP contribution in [0, 0.1) is 0 Å². The Balaban J connectivity index is 2.01. The molecule has 0 saturated heterocycles. The van der Waals surface area contributed by atoms with E-state index < -0.39 is 5.54 Å². The maximum absolute atomic E-state index is 12.1. The fourth-order valence-corrected chi connectivity index (χ4v) is 2.40. The lowest BCUT2D eigenvalue weighted by atomic mass is 9.93. The van der Waals surface area contributed by atoms with E-state index >= 15 is 0 Å². The maximum Gasteiger partial charge on any atom is 0.238 e. The number of anilines is 1. The Kier molecular flexibility index (Phi) is 5.58. The van der Waals surface area contributed by atoms with Gasteiger partial charge in [0.1, 0.15) is 5.75 Å². The summed E-state index contributed by atoms with van der Waals surface area (Å²) >= 11 is 5.93. The summed E-state index contributed by atoms with van der Waals surface area (Å²) in [5, 5.41) is 6.24. The van der Waals surface area contributed by atoms with Crippen molar-refractivity contribution in [1.29, 1.82) is 0 Å². The summed E-state index contributed by atoms with van der Waals surface area (Å²) in [6, 6.07) is 11.1. The van der Waals surface area contributed by atoms with Gasteiger partial charge >= 0.3 is 0 Å². The molecule has 0 fully saturated rings. The molecule has 0 spiro atoms. The smallest absolute Gasteiger partial charge is 0.238 e. The van der Waals surface area contributed by atoms with Crippen LogP contribution in [0.15, 0.2) is 42.6 Å². The average Bonchev–Trinajstić information content (AvgIpc) is 2.55. The topological polar surface area (TPSA) is 63.2 Å². The minimum atomic E-state index is -0.428. The molecule has 23 heavy (non-hydrogen) atoms. The molecule has 0 aliphatic rings. The third-order valence-corrected chi connectivity index (χ3v) is 3.81. The Bertz CT molecular complexity index is 689. The van der Waals surface area contributed by atoms with Crippen LogP contribution >= 0.6 is 11.6 Å². The highest BCUT2D eigenvalue weighted by Gasteiger charge is 2.24. The van der Waals surface area contributed by atoms with E-state index in [0.717, 1.165) is 11.3 Å². The van der Waals surface area contributed by atoms with Crippen LogP contribution in [0.3, 0.4) is 0 Å². The van der Waals surface area contributed by atoms with E-state index in [9.17, 15) is 4.79 Å². The molecule has 0 saturated carbocycles. The molecule has 0 atom stereocenters. The van der Waals surface area contributed by atoms with Gasteiger partial charge in [0.25, 0.3) is 0 Å². The molecule has 2 rings (SSSR count). The van der Waals surface area contributed by atoms with Crippen LogP contribution in [0.2, 0.25) is 5.15 Å². The quantitative estimate of drug-likeness (QED) is 0.797. The number of para-hydroxylation sites is 1. The number of halogens is 1. The van der Waals surface area contributed by atoms with Crippen molar-refractivity contribution in [2.75, 3.05) is 19.0 Å². The summed E-state index contributed by atoms with van der Waals surface area (Å²) in [7, 11) is 1.63. The first-order valence-electron chi connectivity index (χ1n) is 7.23. The lowest BCUT2D eigenvalue weighted by Gasteiger charge is -2.28. The first-order chi connectivity index (χ1) is 10.9. The van der Waals surface area contributed by atoms with E-state index in [2.05, 4.69) is 15.6 Å². The van der Waals surface area contributed by atoms with Gasteiger partial charge in [0, 0.05) is 17.3 Å². The standard InChI is InChI=1S/C17H20ClN3O2/c1-17(2,12-7-4-5-9-14(12)23-3)20-11-15(22)21-13-8-6-10-19-16(13)18/h4-10,20H,11H2,1-3H3,(H,21,22). The molecular formula is C17H20ClN3O2. The first kappa shape index (κ1) is 17.2. The van der Waals surface area contributed by atoms with Gasteiger partial charge < -0.3 is 10.1 Å². The van der Waals surface area contributed by atoms with E-state index in [4.69, 9.17) is 16.3 Å². The minimum Gasteiger partial charge on any atom is -0.496 e. The van der Waals surface area contributed by atoms with Crippen molar-refractivity contribution in [3.63, 3.8) is 0 Å². The highest BCUT2D eigenvalue weighted by atomic mass is 35.5. The summed E-state index contributed by atoms with van der Waals surface area (Å²) < 4.78 is 5.38. The van der Waals surface area contributed by atoms with Crippen LogP contribution in [0.25, 0.3) is 0 Å². The molecule has 2 aromatic rings. The molecule has 1 amide bonds. The van der Waals surface area contributed by atoms with Gasteiger partial charge in [-0.3, -0.25) is 10.1 Å². The van der Waals surface area contributed by atoms with Crippen LogP contribution in [-0.4, -0.2) is 24.5 Å². The fourth-order valence-electron chi connectivity index (χ4n) is 2.23. The van der Waals surface area contributed by atoms with E-state index in [0.29, 0.717) is 5.69 Å². The number of hydrogen-bond donors (Lipinski definition) is 2. The monoisotopic (exact) mass is 333 g/mol. The lowest BCUT2D eigenvalue weighted by molar-refractivity contribution is -0.115. The van der Waals surface area contributed by atoms with Crippen LogP contribution < -0.4 is 15.4 Å². The molecule has 122 valence electrons. The molecule has 5 nitrogen and oxygen atoms in total. The zero-order valence-corrected chi connectivity index (χ0v) is 14.1. The van der Waals surface area contributed by atoms with Crippen molar-refractivity contribution in [1.82, 2.24) is 10.3 Å². The number of amides is 1. The predicted molar refractivity (Wildman–Crippen MR) is 91.9 cm³/mol. The number of carbonyl (C=O) groups excluding carboxylic acids is 1. The number of nitrogens with zero attached hydrogens (tertiary/aromatic N) is 1. The summed E-state index contributed by atoms with van der Waals surface area (Å²) in [4.78, 5) is 16.0.